The molecule has 446 valence electrons. The van der Waals surface area contributed by atoms with Crippen molar-refractivity contribution in [3.8, 4) is 0 Å². The Morgan fingerprint density at radius 2 is 0.506 bits per heavy atom. The van der Waals surface area contributed by atoms with Crippen LogP contribution in [0.5, 0.6) is 0 Å². The zero-order chi connectivity index (χ0) is 55.7. The van der Waals surface area contributed by atoms with Gasteiger partial charge in [0.15, 0.2) is 6.10 Å². The Morgan fingerprint density at radius 3 is 0.805 bits per heavy atom. The van der Waals surface area contributed by atoms with E-state index in [1.54, 1.807) is 0 Å². The molecule has 0 aliphatic rings. The van der Waals surface area contributed by atoms with Gasteiger partial charge in [0, 0.05) is 19.3 Å². The third-order valence-electron chi connectivity index (χ3n) is 14.7. The van der Waals surface area contributed by atoms with Gasteiger partial charge in [-0.05, 0) is 89.9 Å². The maximum Gasteiger partial charge on any atom is 0.306 e. The van der Waals surface area contributed by atoms with Gasteiger partial charge < -0.3 is 14.2 Å². The van der Waals surface area contributed by atoms with Gasteiger partial charge in [-0.1, -0.05) is 306 Å². The first kappa shape index (κ1) is 73.8. The summed E-state index contributed by atoms with van der Waals surface area (Å²) in [4.78, 5) is 38.4. The van der Waals surface area contributed by atoms with Crippen molar-refractivity contribution >= 4 is 17.9 Å². The van der Waals surface area contributed by atoms with Crippen molar-refractivity contribution in [3.63, 3.8) is 0 Å². The molecule has 6 nitrogen and oxygen atoms in total. The van der Waals surface area contributed by atoms with Crippen LogP contribution < -0.4 is 0 Å². The number of ether oxygens (including phenoxy) is 3. The molecule has 0 aliphatic heterocycles. The Bertz CT molecular complexity index is 1420. The lowest BCUT2D eigenvalue weighted by molar-refractivity contribution is -0.167. The van der Waals surface area contributed by atoms with Crippen LogP contribution >= 0.6 is 0 Å². The third kappa shape index (κ3) is 63.6. The number of hydrogen-bond donors (Lipinski definition) is 0. The Labute approximate surface area is 478 Å². The van der Waals surface area contributed by atoms with Gasteiger partial charge in [0.05, 0.1) is 0 Å². The second-order valence-electron chi connectivity index (χ2n) is 22.4. The van der Waals surface area contributed by atoms with Crippen LogP contribution in [0.4, 0.5) is 0 Å². The predicted octanol–water partition coefficient (Wildman–Crippen LogP) is 22.9. The molecular weight excluding hydrogens is 949 g/mol. The number of carbonyl (C=O) groups excluding carboxylic acids is 3. The Kier molecular flexibility index (Phi) is 62.7. The number of unbranched alkanes of at least 4 members (excludes halogenated alkanes) is 38. The highest BCUT2D eigenvalue weighted by atomic mass is 16.6. The predicted molar refractivity (Wildman–Crippen MR) is 335 cm³/mol. The second kappa shape index (κ2) is 65.4. The fourth-order valence-corrected chi connectivity index (χ4v) is 9.70. The van der Waals surface area contributed by atoms with Gasteiger partial charge in [0.25, 0.3) is 0 Å². The molecule has 0 aromatic carbocycles. The monoisotopic (exact) mass is 1070 g/mol. The highest BCUT2D eigenvalue weighted by Crippen LogP contribution is 2.17. The van der Waals surface area contributed by atoms with Crippen LogP contribution in [0.3, 0.4) is 0 Å². The Hall–Kier alpha value is -3.15. The van der Waals surface area contributed by atoms with Gasteiger partial charge in [0.2, 0.25) is 0 Å². The Morgan fingerprint density at radius 1 is 0.273 bits per heavy atom. The number of hydrogen-bond acceptors (Lipinski definition) is 6. The highest BCUT2D eigenvalue weighted by Gasteiger charge is 2.19. The smallest absolute Gasteiger partial charge is 0.306 e. The van der Waals surface area contributed by atoms with Gasteiger partial charge in [-0.25, -0.2) is 0 Å². The van der Waals surface area contributed by atoms with Crippen LogP contribution in [0, 0.1) is 0 Å². The fraction of sp³-hybridized carbons (Fsp3) is 0.789. The highest BCUT2D eigenvalue weighted by molar-refractivity contribution is 5.71. The molecular formula is C71H126O6. The summed E-state index contributed by atoms with van der Waals surface area (Å²) in [6.07, 6.45) is 84.8. The summed E-state index contributed by atoms with van der Waals surface area (Å²) in [5.41, 5.74) is 0. The van der Waals surface area contributed by atoms with Crippen LogP contribution in [0.15, 0.2) is 72.9 Å². The van der Waals surface area contributed by atoms with E-state index in [1.807, 2.05) is 0 Å². The minimum atomic E-state index is -0.786. The van der Waals surface area contributed by atoms with Crippen LogP contribution in [0.2, 0.25) is 0 Å². The van der Waals surface area contributed by atoms with Crippen molar-refractivity contribution in [2.24, 2.45) is 0 Å². The molecule has 0 aliphatic carbocycles. The van der Waals surface area contributed by atoms with E-state index in [2.05, 4.69) is 93.7 Å². The third-order valence-corrected chi connectivity index (χ3v) is 14.7. The van der Waals surface area contributed by atoms with Crippen molar-refractivity contribution in [1.29, 1.82) is 0 Å². The summed E-state index contributed by atoms with van der Waals surface area (Å²) < 4.78 is 17.0. The van der Waals surface area contributed by atoms with E-state index in [-0.39, 0.29) is 31.1 Å². The van der Waals surface area contributed by atoms with Crippen LogP contribution in [0.1, 0.15) is 342 Å². The van der Waals surface area contributed by atoms with E-state index in [4.69, 9.17) is 14.2 Å². The first-order valence-electron chi connectivity index (χ1n) is 33.4. The summed E-state index contributed by atoms with van der Waals surface area (Å²) in [7, 11) is 0. The molecule has 0 spiro atoms. The standard InChI is InChI=1S/C71H126O6/c1-4-7-10-13-16-19-22-25-28-31-34-36-38-40-43-46-49-52-55-58-61-64-70(73)76-67-68(66-75-69(72)63-60-57-54-51-48-45-42-39-33-30-27-24-21-18-15-12-9-6-3)77-71(74)65-62-59-56-53-50-47-44-41-37-35-32-29-26-23-20-17-14-11-8-5-2/h7,10,16,19,25,28,30,33-34,36,40,43,68H,4-6,8-9,11-15,17-18,20-24,26-27,29,31-32,35,37-39,41-42,44-67H2,1-3H3/b10-7-,19-16-,28-25-,33-30-,36-34-,43-40-. The van der Waals surface area contributed by atoms with Crippen molar-refractivity contribution in [2.45, 2.75) is 348 Å². The first-order valence-corrected chi connectivity index (χ1v) is 33.4. The number of esters is 3. The van der Waals surface area contributed by atoms with E-state index in [0.717, 1.165) is 109 Å². The molecule has 77 heavy (non-hydrogen) atoms. The number of rotatable bonds is 61. The van der Waals surface area contributed by atoms with Gasteiger partial charge in [-0.3, -0.25) is 14.4 Å². The fourth-order valence-electron chi connectivity index (χ4n) is 9.70. The molecule has 0 radical (unpaired) electrons. The van der Waals surface area contributed by atoms with Gasteiger partial charge in [-0.2, -0.15) is 0 Å². The van der Waals surface area contributed by atoms with Crippen molar-refractivity contribution in [3.05, 3.63) is 72.9 Å². The lowest BCUT2D eigenvalue weighted by Crippen LogP contribution is -2.30. The quantitative estimate of drug-likeness (QED) is 0.0261. The molecule has 0 saturated heterocycles. The van der Waals surface area contributed by atoms with Crippen LogP contribution in [-0.2, 0) is 28.6 Å². The zero-order valence-electron chi connectivity index (χ0n) is 51.2. The average Bonchev–Trinajstić information content (AvgIpc) is 3.43. The van der Waals surface area contributed by atoms with E-state index in [0.29, 0.717) is 19.3 Å². The van der Waals surface area contributed by atoms with E-state index in [1.165, 1.54) is 193 Å². The summed E-state index contributed by atoms with van der Waals surface area (Å²) in [5.74, 6) is -0.884. The lowest BCUT2D eigenvalue weighted by Gasteiger charge is -2.18. The number of carbonyl (C=O) groups is 3. The molecule has 6 heteroatoms. The molecule has 1 unspecified atom stereocenters. The summed E-state index contributed by atoms with van der Waals surface area (Å²) in [6, 6.07) is 0. The van der Waals surface area contributed by atoms with Crippen LogP contribution in [0.25, 0.3) is 0 Å². The summed E-state index contributed by atoms with van der Waals surface area (Å²) in [5, 5.41) is 0. The second-order valence-corrected chi connectivity index (χ2v) is 22.4. The lowest BCUT2D eigenvalue weighted by atomic mass is 10.0. The maximum absolute atomic E-state index is 12.9. The first-order chi connectivity index (χ1) is 38.0. The molecule has 0 fully saturated rings. The SMILES string of the molecule is CC/C=C\C/C=C\C/C=C\C/C=C\C/C=C\CCCCCCCC(=O)OCC(COC(=O)CCCCCCCCC/C=C\CCCCCCCCC)OC(=O)CCCCCCCCCCCCCCCCCCCCCC. The zero-order valence-corrected chi connectivity index (χ0v) is 51.2. The molecule has 1 atom stereocenters. The van der Waals surface area contributed by atoms with Gasteiger partial charge in [0.1, 0.15) is 13.2 Å². The maximum atomic E-state index is 12.9. The molecule has 0 aromatic rings. The number of allylic oxidation sites excluding steroid dienone is 12. The minimum Gasteiger partial charge on any atom is -0.462 e. The topological polar surface area (TPSA) is 78.9 Å². The largest absolute Gasteiger partial charge is 0.462 e. The molecule has 0 saturated carbocycles. The Balaban J connectivity index is 4.39. The average molecular weight is 1080 g/mol. The van der Waals surface area contributed by atoms with Gasteiger partial charge in [-0.15, -0.1) is 0 Å². The van der Waals surface area contributed by atoms with Crippen molar-refractivity contribution < 1.29 is 28.6 Å². The van der Waals surface area contributed by atoms with Gasteiger partial charge >= 0.3 is 17.9 Å². The van der Waals surface area contributed by atoms with E-state index >= 15 is 0 Å². The molecule has 0 N–H and O–H groups in total. The van der Waals surface area contributed by atoms with E-state index < -0.39 is 6.10 Å². The normalized spacial score (nSPS) is 12.5. The van der Waals surface area contributed by atoms with E-state index in [9.17, 15) is 14.4 Å². The summed E-state index contributed by atoms with van der Waals surface area (Å²) in [6.45, 7) is 6.56. The molecule has 0 amide bonds. The summed E-state index contributed by atoms with van der Waals surface area (Å²) >= 11 is 0. The molecule has 0 aromatic heterocycles. The van der Waals surface area contributed by atoms with Crippen LogP contribution in [-0.4, -0.2) is 37.2 Å². The molecule has 0 heterocycles. The molecule has 0 rings (SSSR count). The van der Waals surface area contributed by atoms with Crippen molar-refractivity contribution in [2.75, 3.05) is 13.2 Å². The molecule has 0 bridgehead atoms. The minimum absolute atomic E-state index is 0.0809. The van der Waals surface area contributed by atoms with Crippen molar-refractivity contribution in [1.82, 2.24) is 0 Å².